The van der Waals surface area contributed by atoms with Gasteiger partial charge in [-0.1, -0.05) is 24.3 Å². The predicted molar refractivity (Wildman–Crippen MR) is 121 cm³/mol. The van der Waals surface area contributed by atoms with Crippen LogP contribution < -0.4 is 10.6 Å². The van der Waals surface area contributed by atoms with E-state index in [2.05, 4.69) is 10.6 Å². The molecule has 0 aliphatic carbocycles. The van der Waals surface area contributed by atoms with Gasteiger partial charge < -0.3 is 31.1 Å². The van der Waals surface area contributed by atoms with Crippen molar-refractivity contribution < 1.29 is 30.0 Å². The Morgan fingerprint density at radius 2 is 1.00 bits per heavy atom. The normalized spacial score (nSPS) is 11.0. The minimum atomic E-state index is -0.464. The van der Waals surface area contributed by atoms with Crippen LogP contribution in [0.5, 0.6) is 23.0 Å². The van der Waals surface area contributed by atoms with Gasteiger partial charge in [0.05, 0.1) is 11.4 Å². The Balaban J connectivity index is 1.65. The van der Waals surface area contributed by atoms with Crippen LogP contribution >= 0.6 is 0 Å². The van der Waals surface area contributed by atoms with Gasteiger partial charge in [0.2, 0.25) is 11.8 Å². The summed E-state index contributed by atoms with van der Waals surface area (Å²) < 4.78 is 0. The van der Waals surface area contributed by atoms with Crippen molar-refractivity contribution in [1.29, 1.82) is 0 Å². The van der Waals surface area contributed by atoms with Crippen LogP contribution in [0.1, 0.15) is 11.1 Å². The van der Waals surface area contributed by atoms with E-state index in [4.69, 9.17) is 0 Å². The lowest BCUT2D eigenvalue weighted by Crippen LogP contribution is -2.13. The van der Waals surface area contributed by atoms with Gasteiger partial charge in [-0.15, -0.1) is 0 Å². The van der Waals surface area contributed by atoms with Gasteiger partial charge in [0.1, 0.15) is 0 Å². The molecule has 0 aliphatic rings. The number of nitrogens with one attached hydrogen (secondary N) is 2. The predicted octanol–water partition coefficient (Wildman–Crippen LogP) is 3.81. The Labute approximate surface area is 183 Å². The Morgan fingerprint density at radius 3 is 1.38 bits per heavy atom. The fourth-order valence-electron chi connectivity index (χ4n) is 2.68. The number of para-hydroxylation sites is 2. The molecule has 3 aromatic carbocycles. The second-order valence-electron chi connectivity index (χ2n) is 6.69. The topological polar surface area (TPSA) is 139 Å². The molecule has 0 saturated heterocycles. The van der Waals surface area contributed by atoms with Gasteiger partial charge in [-0.25, -0.2) is 0 Å². The Morgan fingerprint density at radius 1 is 0.594 bits per heavy atom. The van der Waals surface area contributed by atoms with E-state index in [1.165, 1.54) is 60.7 Å². The second kappa shape index (κ2) is 9.86. The number of amides is 2. The molecule has 3 aromatic rings. The molecule has 2 amide bonds. The molecule has 0 radical (unpaired) electrons. The second-order valence-corrected chi connectivity index (χ2v) is 6.69. The molecule has 32 heavy (non-hydrogen) atoms. The quantitative estimate of drug-likeness (QED) is 0.259. The van der Waals surface area contributed by atoms with E-state index >= 15 is 0 Å². The van der Waals surface area contributed by atoms with Crippen molar-refractivity contribution in [3.05, 3.63) is 83.9 Å². The first-order valence-electron chi connectivity index (χ1n) is 9.43. The van der Waals surface area contributed by atoms with Gasteiger partial charge in [0, 0.05) is 12.2 Å². The van der Waals surface area contributed by atoms with Crippen LogP contribution in [0.4, 0.5) is 11.4 Å². The van der Waals surface area contributed by atoms with Gasteiger partial charge in [0.15, 0.2) is 23.0 Å². The highest BCUT2D eigenvalue weighted by Crippen LogP contribution is 2.26. The maximum absolute atomic E-state index is 12.3. The zero-order chi connectivity index (χ0) is 23.1. The standard InChI is InChI=1S/C24H20N2O6/c27-19-9-5-15(13-21(19)29)7-11-23(31)25-17-3-1-2-4-18(17)26-24(32)12-8-16-6-10-20(28)22(30)14-16/h1-14,27-30H,(H,25,31)(H,26,32)/b11-7+,12-8+. The summed E-state index contributed by atoms with van der Waals surface area (Å²) >= 11 is 0. The van der Waals surface area contributed by atoms with Gasteiger partial charge in [-0.2, -0.15) is 0 Å². The number of carbonyl (C=O) groups excluding carboxylic acids is 2. The third kappa shape index (κ3) is 5.90. The highest BCUT2D eigenvalue weighted by atomic mass is 16.3. The number of benzene rings is 3. The van der Waals surface area contributed by atoms with Gasteiger partial charge in [0.25, 0.3) is 0 Å². The van der Waals surface area contributed by atoms with Crippen molar-refractivity contribution in [2.24, 2.45) is 0 Å². The lowest BCUT2D eigenvalue weighted by atomic mass is 10.2. The number of phenolic OH excluding ortho intramolecular Hbond substituents is 4. The van der Waals surface area contributed by atoms with Crippen molar-refractivity contribution in [3.8, 4) is 23.0 Å². The number of anilines is 2. The molecule has 8 nitrogen and oxygen atoms in total. The summed E-state index contributed by atoms with van der Waals surface area (Å²) in [6.07, 6.45) is 5.43. The molecule has 0 unspecified atom stereocenters. The van der Waals surface area contributed by atoms with Crippen molar-refractivity contribution >= 4 is 35.3 Å². The first kappa shape index (κ1) is 22.0. The maximum atomic E-state index is 12.3. The summed E-state index contributed by atoms with van der Waals surface area (Å²) in [6.45, 7) is 0. The van der Waals surface area contributed by atoms with Crippen molar-refractivity contribution in [3.63, 3.8) is 0 Å². The first-order valence-corrected chi connectivity index (χ1v) is 9.43. The zero-order valence-corrected chi connectivity index (χ0v) is 16.7. The van der Waals surface area contributed by atoms with Crippen LogP contribution in [-0.2, 0) is 9.59 Å². The zero-order valence-electron chi connectivity index (χ0n) is 16.7. The molecule has 0 spiro atoms. The molecule has 0 aromatic heterocycles. The van der Waals surface area contributed by atoms with E-state index in [1.54, 1.807) is 24.3 Å². The van der Waals surface area contributed by atoms with E-state index in [0.29, 0.717) is 22.5 Å². The summed E-state index contributed by atoms with van der Waals surface area (Å²) in [4.78, 5) is 24.5. The molecule has 0 heterocycles. The summed E-state index contributed by atoms with van der Waals surface area (Å²) in [5.74, 6) is -2.03. The molecule has 0 bridgehead atoms. The minimum absolute atomic E-state index is 0.257. The molecule has 8 heteroatoms. The SMILES string of the molecule is O=C(/C=C/c1ccc(O)c(O)c1)Nc1ccccc1NC(=O)/C=C/c1ccc(O)c(O)c1. The fourth-order valence-corrected chi connectivity index (χ4v) is 2.68. The third-order valence-electron chi connectivity index (χ3n) is 4.30. The smallest absolute Gasteiger partial charge is 0.248 e. The summed E-state index contributed by atoms with van der Waals surface area (Å²) in [5.41, 5.74) is 1.78. The van der Waals surface area contributed by atoms with Gasteiger partial charge in [-0.3, -0.25) is 9.59 Å². The molecule has 3 rings (SSSR count). The molecule has 0 aliphatic heterocycles. The summed E-state index contributed by atoms with van der Waals surface area (Å²) in [6, 6.07) is 15.0. The van der Waals surface area contributed by atoms with Crippen LogP contribution in [0.2, 0.25) is 0 Å². The average Bonchev–Trinajstić information content (AvgIpc) is 2.77. The number of aromatic hydroxyl groups is 4. The number of hydrogen-bond acceptors (Lipinski definition) is 6. The van der Waals surface area contributed by atoms with E-state index in [-0.39, 0.29) is 23.0 Å². The lowest BCUT2D eigenvalue weighted by Gasteiger charge is -2.10. The molecule has 0 fully saturated rings. The number of rotatable bonds is 6. The average molecular weight is 432 g/mol. The fraction of sp³-hybridized carbons (Fsp3) is 0. The Hall–Kier alpha value is -4.72. The van der Waals surface area contributed by atoms with Crippen LogP contribution in [0.25, 0.3) is 12.2 Å². The van der Waals surface area contributed by atoms with Gasteiger partial charge >= 0.3 is 0 Å². The minimum Gasteiger partial charge on any atom is -0.504 e. The molecule has 162 valence electrons. The third-order valence-corrected chi connectivity index (χ3v) is 4.30. The highest BCUT2D eigenvalue weighted by Gasteiger charge is 2.07. The van der Waals surface area contributed by atoms with E-state index in [1.807, 2.05) is 0 Å². The van der Waals surface area contributed by atoms with Gasteiger partial charge in [-0.05, 0) is 59.7 Å². The summed E-state index contributed by atoms with van der Waals surface area (Å²) in [7, 11) is 0. The molecule has 0 saturated carbocycles. The number of hydrogen-bond donors (Lipinski definition) is 6. The van der Waals surface area contributed by atoms with Crippen LogP contribution in [-0.4, -0.2) is 32.2 Å². The molecular formula is C24H20N2O6. The van der Waals surface area contributed by atoms with Crippen LogP contribution in [0, 0.1) is 0 Å². The molecule has 0 atom stereocenters. The van der Waals surface area contributed by atoms with Crippen LogP contribution in [0.15, 0.2) is 72.8 Å². The largest absolute Gasteiger partial charge is 0.504 e. The molecule has 6 N–H and O–H groups in total. The first-order chi connectivity index (χ1) is 15.3. The lowest BCUT2D eigenvalue weighted by molar-refractivity contribution is -0.112. The van der Waals surface area contributed by atoms with E-state index in [9.17, 15) is 30.0 Å². The van der Waals surface area contributed by atoms with E-state index in [0.717, 1.165) is 0 Å². The van der Waals surface area contributed by atoms with Crippen molar-refractivity contribution in [1.82, 2.24) is 0 Å². The monoisotopic (exact) mass is 432 g/mol. The maximum Gasteiger partial charge on any atom is 0.248 e. The number of phenols is 4. The Kier molecular flexibility index (Phi) is 6.77. The summed E-state index contributed by atoms with van der Waals surface area (Å²) in [5, 5.41) is 43.0. The van der Waals surface area contributed by atoms with E-state index < -0.39 is 11.8 Å². The van der Waals surface area contributed by atoms with Crippen molar-refractivity contribution in [2.45, 2.75) is 0 Å². The molecular weight excluding hydrogens is 412 g/mol. The van der Waals surface area contributed by atoms with Crippen molar-refractivity contribution in [2.75, 3.05) is 10.6 Å². The van der Waals surface area contributed by atoms with Crippen LogP contribution in [0.3, 0.4) is 0 Å². The highest BCUT2D eigenvalue weighted by molar-refractivity contribution is 6.08. The number of carbonyl (C=O) groups is 2. The Bertz CT molecular complexity index is 1120.